The van der Waals surface area contributed by atoms with Crippen LogP contribution in [0.4, 0.5) is 4.79 Å². The van der Waals surface area contributed by atoms with E-state index in [1.54, 1.807) is 4.90 Å². The number of methoxy groups -OCH3 is 1. The highest BCUT2D eigenvalue weighted by Gasteiger charge is 2.32. The van der Waals surface area contributed by atoms with E-state index in [1.165, 1.54) is 26.4 Å². The van der Waals surface area contributed by atoms with Gasteiger partial charge in [-0.15, -0.1) is 0 Å². The number of hydrogen-bond donors (Lipinski definition) is 1. The number of likely N-dealkylation sites (tertiary alicyclic amines) is 1. The van der Waals surface area contributed by atoms with Crippen LogP contribution in [-0.2, 0) is 9.53 Å². The predicted molar refractivity (Wildman–Crippen MR) is 67.1 cm³/mol. The van der Waals surface area contributed by atoms with Gasteiger partial charge in [0, 0.05) is 19.1 Å². The molecule has 1 unspecified atom stereocenters. The number of rotatable bonds is 2. The smallest absolute Gasteiger partial charge is 0.317 e. The highest BCUT2D eigenvalue weighted by Crippen LogP contribution is 2.20. The van der Waals surface area contributed by atoms with E-state index < -0.39 is 0 Å². The van der Waals surface area contributed by atoms with Crippen molar-refractivity contribution in [3.8, 4) is 0 Å². The number of ether oxygens (including phenoxy) is 1. The fourth-order valence-electron chi connectivity index (χ4n) is 2.82. The molecule has 2 rings (SSSR count). The normalized spacial score (nSPS) is 24.9. The average molecular weight is 254 g/mol. The zero-order chi connectivity index (χ0) is 13.0. The molecule has 1 saturated heterocycles. The zero-order valence-corrected chi connectivity index (χ0v) is 11.0. The number of hydrogen-bond acceptors (Lipinski definition) is 3. The van der Waals surface area contributed by atoms with Crippen molar-refractivity contribution in [1.82, 2.24) is 10.2 Å². The van der Waals surface area contributed by atoms with Gasteiger partial charge in [0.05, 0.1) is 13.0 Å². The largest absolute Gasteiger partial charge is 0.469 e. The first-order chi connectivity index (χ1) is 8.70. The van der Waals surface area contributed by atoms with Crippen LogP contribution >= 0.6 is 0 Å². The number of esters is 1. The summed E-state index contributed by atoms with van der Waals surface area (Å²) in [6.07, 6.45) is 6.57. The van der Waals surface area contributed by atoms with Gasteiger partial charge < -0.3 is 15.0 Å². The number of nitrogens with one attached hydrogen (secondary N) is 1. The summed E-state index contributed by atoms with van der Waals surface area (Å²) >= 11 is 0. The van der Waals surface area contributed by atoms with Gasteiger partial charge in [-0.3, -0.25) is 4.79 Å². The average Bonchev–Trinajstić information content (AvgIpc) is 2.88. The van der Waals surface area contributed by atoms with Gasteiger partial charge in [0.2, 0.25) is 0 Å². The van der Waals surface area contributed by atoms with Crippen LogP contribution in [0.3, 0.4) is 0 Å². The fraction of sp³-hybridized carbons (Fsp3) is 0.846. The van der Waals surface area contributed by atoms with E-state index >= 15 is 0 Å². The van der Waals surface area contributed by atoms with E-state index in [4.69, 9.17) is 4.74 Å². The van der Waals surface area contributed by atoms with Gasteiger partial charge in [0.15, 0.2) is 0 Å². The van der Waals surface area contributed by atoms with Crippen molar-refractivity contribution in [2.24, 2.45) is 5.92 Å². The maximum Gasteiger partial charge on any atom is 0.317 e. The van der Waals surface area contributed by atoms with Crippen LogP contribution in [-0.4, -0.2) is 43.1 Å². The number of carbonyl (C=O) groups excluding carboxylic acids is 2. The van der Waals surface area contributed by atoms with Gasteiger partial charge in [-0.2, -0.15) is 0 Å². The van der Waals surface area contributed by atoms with Crippen molar-refractivity contribution >= 4 is 12.0 Å². The van der Waals surface area contributed by atoms with Crippen LogP contribution in [0.5, 0.6) is 0 Å². The minimum atomic E-state index is -0.206. The van der Waals surface area contributed by atoms with E-state index in [-0.39, 0.29) is 17.9 Å². The molecule has 5 heteroatoms. The van der Waals surface area contributed by atoms with E-state index in [2.05, 4.69) is 5.32 Å². The summed E-state index contributed by atoms with van der Waals surface area (Å²) in [6, 6.07) is 0.303. The van der Waals surface area contributed by atoms with Gasteiger partial charge in [-0.25, -0.2) is 4.79 Å². The number of urea groups is 1. The van der Waals surface area contributed by atoms with Crippen molar-refractivity contribution in [3.05, 3.63) is 0 Å². The molecule has 1 saturated carbocycles. The van der Waals surface area contributed by atoms with Crippen LogP contribution < -0.4 is 5.32 Å². The van der Waals surface area contributed by atoms with Crippen molar-refractivity contribution in [2.45, 2.75) is 44.6 Å². The molecule has 2 amide bonds. The van der Waals surface area contributed by atoms with Crippen molar-refractivity contribution in [3.63, 3.8) is 0 Å². The van der Waals surface area contributed by atoms with Crippen LogP contribution in [0.15, 0.2) is 0 Å². The summed E-state index contributed by atoms with van der Waals surface area (Å²) in [7, 11) is 1.40. The lowest BCUT2D eigenvalue weighted by atomic mass is 9.96. The molecule has 0 aromatic rings. The standard InChI is InChI=1S/C13H22N2O3/c1-18-12(16)10-7-8-15(9-10)13(17)14-11-5-3-2-4-6-11/h10-11H,2-9H2,1H3,(H,14,17). The van der Waals surface area contributed by atoms with Crippen LogP contribution in [0, 0.1) is 5.92 Å². The molecule has 18 heavy (non-hydrogen) atoms. The second-order valence-corrected chi connectivity index (χ2v) is 5.24. The quantitative estimate of drug-likeness (QED) is 0.760. The molecule has 102 valence electrons. The van der Waals surface area contributed by atoms with Crippen molar-refractivity contribution in [2.75, 3.05) is 20.2 Å². The molecule has 0 radical (unpaired) electrons. The zero-order valence-electron chi connectivity index (χ0n) is 11.0. The molecule has 1 heterocycles. The Balaban J connectivity index is 1.78. The molecule has 1 aliphatic carbocycles. The first-order valence-corrected chi connectivity index (χ1v) is 6.84. The second kappa shape index (κ2) is 6.07. The number of nitrogens with zero attached hydrogens (tertiary/aromatic N) is 1. The Morgan fingerprint density at radius 1 is 1.17 bits per heavy atom. The molecular formula is C13H22N2O3. The van der Waals surface area contributed by atoms with E-state index in [0.29, 0.717) is 25.6 Å². The van der Waals surface area contributed by atoms with Crippen molar-refractivity contribution < 1.29 is 14.3 Å². The van der Waals surface area contributed by atoms with Gasteiger partial charge in [-0.05, 0) is 19.3 Å². The Bertz CT molecular complexity index is 313. The highest BCUT2D eigenvalue weighted by atomic mass is 16.5. The van der Waals surface area contributed by atoms with Crippen molar-refractivity contribution in [1.29, 1.82) is 0 Å². The summed E-state index contributed by atoms with van der Waals surface area (Å²) in [5.74, 6) is -0.352. The van der Waals surface area contributed by atoms with Crippen LogP contribution in [0.1, 0.15) is 38.5 Å². The Labute approximate surface area is 108 Å². The SMILES string of the molecule is COC(=O)C1CCN(C(=O)NC2CCCCC2)C1. The highest BCUT2D eigenvalue weighted by molar-refractivity contribution is 5.78. The lowest BCUT2D eigenvalue weighted by molar-refractivity contribution is -0.144. The maximum absolute atomic E-state index is 12.0. The predicted octanol–water partition coefficient (Wildman–Crippen LogP) is 1.52. The van der Waals surface area contributed by atoms with Gasteiger partial charge in [0.1, 0.15) is 0 Å². The summed E-state index contributed by atoms with van der Waals surface area (Å²) in [6.45, 7) is 1.14. The van der Waals surface area contributed by atoms with E-state index in [0.717, 1.165) is 12.8 Å². The molecule has 2 fully saturated rings. The van der Waals surface area contributed by atoms with Gasteiger partial charge >= 0.3 is 12.0 Å². The molecule has 0 aromatic carbocycles. The molecule has 2 aliphatic rings. The van der Waals surface area contributed by atoms with Crippen LogP contribution in [0.25, 0.3) is 0 Å². The Hall–Kier alpha value is -1.26. The first-order valence-electron chi connectivity index (χ1n) is 6.84. The molecule has 1 N–H and O–H groups in total. The minimum Gasteiger partial charge on any atom is -0.469 e. The lowest BCUT2D eigenvalue weighted by Crippen LogP contribution is -2.44. The van der Waals surface area contributed by atoms with Crippen LogP contribution in [0.2, 0.25) is 0 Å². The fourth-order valence-corrected chi connectivity index (χ4v) is 2.82. The molecular weight excluding hydrogens is 232 g/mol. The molecule has 1 atom stereocenters. The van der Waals surface area contributed by atoms with E-state index in [9.17, 15) is 9.59 Å². The third kappa shape index (κ3) is 3.15. The summed E-state index contributed by atoms with van der Waals surface area (Å²) in [4.78, 5) is 25.2. The molecule has 0 aromatic heterocycles. The molecule has 0 spiro atoms. The Morgan fingerprint density at radius 3 is 2.56 bits per heavy atom. The topological polar surface area (TPSA) is 58.6 Å². The summed E-state index contributed by atoms with van der Waals surface area (Å²) in [5, 5.41) is 3.07. The lowest BCUT2D eigenvalue weighted by Gasteiger charge is -2.26. The minimum absolute atomic E-state index is 0.0201. The monoisotopic (exact) mass is 254 g/mol. The third-order valence-corrected chi connectivity index (χ3v) is 3.94. The second-order valence-electron chi connectivity index (χ2n) is 5.24. The van der Waals surface area contributed by atoms with Gasteiger partial charge in [0.25, 0.3) is 0 Å². The maximum atomic E-state index is 12.0. The Morgan fingerprint density at radius 2 is 1.89 bits per heavy atom. The Kier molecular flexibility index (Phi) is 4.44. The number of amides is 2. The third-order valence-electron chi connectivity index (χ3n) is 3.94. The van der Waals surface area contributed by atoms with Gasteiger partial charge in [-0.1, -0.05) is 19.3 Å². The number of carbonyl (C=O) groups is 2. The molecule has 5 nitrogen and oxygen atoms in total. The summed E-state index contributed by atoms with van der Waals surface area (Å²) < 4.78 is 4.71. The molecule has 1 aliphatic heterocycles. The first kappa shape index (κ1) is 13.2. The molecule has 0 bridgehead atoms. The van der Waals surface area contributed by atoms with E-state index in [1.807, 2.05) is 0 Å². The summed E-state index contributed by atoms with van der Waals surface area (Å²) in [5.41, 5.74) is 0.